The van der Waals surface area contributed by atoms with Crippen LogP contribution >= 0.6 is 15.9 Å². The minimum atomic E-state index is -0.458. The summed E-state index contributed by atoms with van der Waals surface area (Å²) in [4.78, 5) is 16.1. The minimum absolute atomic E-state index is 0.225. The van der Waals surface area contributed by atoms with Gasteiger partial charge in [-0.2, -0.15) is 0 Å². The van der Waals surface area contributed by atoms with Crippen molar-refractivity contribution in [1.82, 2.24) is 9.80 Å². The van der Waals surface area contributed by atoms with Gasteiger partial charge in [-0.15, -0.1) is 0 Å². The van der Waals surface area contributed by atoms with Crippen LogP contribution in [0.3, 0.4) is 0 Å². The summed E-state index contributed by atoms with van der Waals surface area (Å²) in [6.45, 7) is 9.46. The Bertz CT molecular complexity index is 552. The molecule has 0 saturated carbocycles. The molecule has 0 spiro atoms. The lowest BCUT2D eigenvalue weighted by Gasteiger charge is -2.35. The van der Waals surface area contributed by atoms with Crippen LogP contribution in [0.2, 0.25) is 0 Å². The highest BCUT2D eigenvalue weighted by Crippen LogP contribution is 2.17. The Labute approximate surface area is 145 Å². The van der Waals surface area contributed by atoms with E-state index in [-0.39, 0.29) is 11.9 Å². The molecule has 0 atom stereocenters. The van der Waals surface area contributed by atoms with Gasteiger partial charge in [0.1, 0.15) is 11.4 Å². The second-order valence-electron chi connectivity index (χ2n) is 6.81. The zero-order valence-electron chi connectivity index (χ0n) is 13.9. The fraction of sp³-hybridized carbons (Fsp3) is 0.588. The molecule has 0 radical (unpaired) electrons. The molecule has 1 saturated heterocycles. The van der Waals surface area contributed by atoms with Crippen LogP contribution in [-0.4, -0.2) is 54.2 Å². The molecule has 0 bridgehead atoms. The molecule has 1 heterocycles. The summed E-state index contributed by atoms with van der Waals surface area (Å²) in [6, 6.07) is 5.25. The van der Waals surface area contributed by atoms with Crippen molar-refractivity contribution in [2.24, 2.45) is 0 Å². The Morgan fingerprint density at radius 2 is 1.91 bits per heavy atom. The van der Waals surface area contributed by atoms with Crippen LogP contribution in [0.1, 0.15) is 26.3 Å². The molecule has 1 amide bonds. The number of amides is 1. The molecular formula is C17H24BrFN2O2. The lowest BCUT2D eigenvalue weighted by molar-refractivity contribution is 0.0146. The lowest BCUT2D eigenvalue weighted by Crippen LogP contribution is -2.50. The molecule has 4 nitrogen and oxygen atoms in total. The third-order valence-corrected chi connectivity index (χ3v) is 4.37. The summed E-state index contributed by atoms with van der Waals surface area (Å²) in [7, 11) is 0. The standard InChI is InChI=1S/C17H24BrFN2O2/c1-17(2,3)23-16(22)21-10-8-20(9-11-21)7-6-13-4-5-14(18)15(19)12-13/h4-5,12H,6-11H2,1-3H3. The second-order valence-corrected chi connectivity index (χ2v) is 7.66. The fourth-order valence-electron chi connectivity index (χ4n) is 2.46. The van der Waals surface area contributed by atoms with Gasteiger partial charge in [0.05, 0.1) is 4.47 Å². The third kappa shape index (κ3) is 5.77. The van der Waals surface area contributed by atoms with Crippen LogP contribution in [-0.2, 0) is 11.2 Å². The van der Waals surface area contributed by atoms with E-state index in [2.05, 4.69) is 20.8 Å². The number of halogens is 2. The Morgan fingerprint density at radius 1 is 1.26 bits per heavy atom. The number of piperazine rings is 1. The number of rotatable bonds is 3. The normalized spacial score (nSPS) is 16.5. The van der Waals surface area contributed by atoms with Gasteiger partial charge >= 0.3 is 6.09 Å². The summed E-state index contributed by atoms with van der Waals surface area (Å²) in [5.74, 6) is -0.225. The van der Waals surface area contributed by atoms with Crippen molar-refractivity contribution in [2.45, 2.75) is 32.8 Å². The highest BCUT2D eigenvalue weighted by atomic mass is 79.9. The molecule has 23 heavy (non-hydrogen) atoms. The molecule has 6 heteroatoms. The quantitative estimate of drug-likeness (QED) is 0.793. The van der Waals surface area contributed by atoms with Gasteiger partial charge in [-0.05, 0) is 60.8 Å². The molecule has 1 aliphatic heterocycles. The Hall–Kier alpha value is -1.14. The van der Waals surface area contributed by atoms with Crippen LogP contribution in [0.5, 0.6) is 0 Å². The zero-order valence-corrected chi connectivity index (χ0v) is 15.5. The second kappa shape index (κ2) is 7.62. The van der Waals surface area contributed by atoms with Crippen molar-refractivity contribution in [3.8, 4) is 0 Å². The maximum absolute atomic E-state index is 13.5. The summed E-state index contributed by atoms with van der Waals surface area (Å²) < 4.78 is 19.4. The first-order valence-electron chi connectivity index (χ1n) is 7.89. The first-order valence-corrected chi connectivity index (χ1v) is 8.68. The van der Waals surface area contributed by atoms with Gasteiger partial charge in [-0.3, -0.25) is 4.90 Å². The van der Waals surface area contributed by atoms with E-state index >= 15 is 0 Å². The van der Waals surface area contributed by atoms with Crippen LogP contribution in [0.15, 0.2) is 22.7 Å². The molecule has 128 valence electrons. The van der Waals surface area contributed by atoms with Gasteiger partial charge in [0.25, 0.3) is 0 Å². The predicted molar refractivity (Wildman–Crippen MR) is 92.1 cm³/mol. The van der Waals surface area contributed by atoms with E-state index < -0.39 is 5.60 Å². The van der Waals surface area contributed by atoms with Gasteiger partial charge in [-0.25, -0.2) is 9.18 Å². The third-order valence-electron chi connectivity index (χ3n) is 3.72. The molecule has 1 fully saturated rings. The highest BCUT2D eigenvalue weighted by molar-refractivity contribution is 9.10. The minimum Gasteiger partial charge on any atom is -0.444 e. The number of ether oxygens (including phenoxy) is 1. The number of carbonyl (C=O) groups is 1. The summed E-state index contributed by atoms with van der Waals surface area (Å²) in [5.41, 5.74) is 0.528. The van der Waals surface area contributed by atoms with Crippen molar-refractivity contribution in [1.29, 1.82) is 0 Å². The number of benzene rings is 1. The SMILES string of the molecule is CC(C)(C)OC(=O)N1CCN(CCc2ccc(Br)c(F)c2)CC1. The Balaban J connectivity index is 1.76. The molecule has 0 aromatic heterocycles. The first kappa shape index (κ1) is 18.2. The lowest BCUT2D eigenvalue weighted by atomic mass is 10.1. The molecule has 0 N–H and O–H groups in total. The number of nitrogens with zero attached hydrogens (tertiary/aromatic N) is 2. The van der Waals surface area contributed by atoms with Crippen LogP contribution in [0, 0.1) is 5.82 Å². The number of carbonyl (C=O) groups excluding carboxylic acids is 1. The molecule has 1 aliphatic rings. The van der Waals surface area contributed by atoms with Crippen molar-refractivity contribution in [3.05, 3.63) is 34.1 Å². The number of hydrogen-bond acceptors (Lipinski definition) is 3. The predicted octanol–water partition coefficient (Wildman–Crippen LogP) is 3.68. The Kier molecular flexibility index (Phi) is 6.03. The summed E-state index contributed by atoms with van der Waals surface area (Å²) in [6.07, 6.45) is 0.559. The van der Waals surface area contributed by atoms with Gasteiger partial charge in [0.15, 0.2) is 0 Å². The van der Waals surface area contributed by atoms with Gasteiger partial charge in [-0.1, -0.05) is 6.07 Å². The molecule has 2 rings (SSSR count). The first-order chi connectivity index (χ1) is 10.7. The topological polar surface area (TPSA) is 32.8 Å². The fourth-order valence-corrected chi connectivity index (χ4v) is 2.71. The van der Waals surface area contributed by atoms with Crippen LogP contribution in [0.25, 0.3) is 0 Å². The van der Waals surface area contributed by atoms with Gasteiger partial charge < -0.3 is 9.64 Å². The van der Waals surface area contributed by atoms with E-state index in [0.717, 1.165) is 31.6 Å². The van der Waals surface area contributed by atoms with Crippen LogP contribution < -0.4 is 0 Å². The zero-order chi connectivity index (χ0) is 17.0. The summed E-state index contributed by atoms with van der Waals surface area (Å²) >= 11 is 3.16. The van der Waals surface area contributed by atoms with E-state index in [1.807, 2.05) is 26.8 Å². The number of hydrogen-bond donors (Lipinski definition) is 0. The van der Waals surface area contributed by atoms with E-state index in [1.54, 1.807) is 17.0 Å². The van der Waals surface area contributed by atoms with Crippen molar-refractivity contribution < 1.29 is 13.9 Å². The van der Waals surface area contributed by atoms with E-state index in [0.29, 0.717) is 17.6 Å². The Morgan fingerprint density at radius 3 is 2.48 bits per heavy atom. The summed E-state index contributed by atoms with van der Waals surface area (Å²) in [5, 5.41) is 0. The van der Waals surface area contributed by atoms with Crippen molar-refractivity contribution in [2.75, 3.05) is 32.7 Å². The maximum Gasteiger partial charge on any atom is 0.410 e. The molecule has 1 aromatic rings. The monoisotopic (exact) mass is 386 g/mol. The average molecular weight is 387 g/mol. The maximum atomic E-state index is 13.5. The molecule has 0 unspecified atom stereocenters. The molecule has 0 aliphatic carbocycles. The van der Waals surface area contributed by atoms with Crippen LogP contribution in [0.4, 0.5) is 9.18 Å². The average Bonchev–Trinajstić information content (AvgIpc) is 2.47. The molecule has 1 aromatic carbocycles. The van der Waals surface area contributed by atoms with E-state index in [9.17, 15) is 9.18 Å². The largest absolute Gasteiger partial charge is 0.444 e. The molecular weight excluding hydrogens is 363 g/mol. The van der Waals surface area contributed by atoms with E-state index in [4.69, 9.17) is 4.74 Å². The smallest absolute Gasteiger partial charge is 0.410 e. The van der Waals surface area contributed by atoms with Gasteiger partial charge in [0.2, 0.25) is 0 Å². The highest BCUT2D eigenvalue weighted by Gasteiger charge is 2.25. The van der Waals surface area contributed by atoms with Crippen molar-refractivity contribution in [3.63, 3.8) is 0 Å². The van der Waals surface area contributed by atoms with Gasteiger partial charge in [0, 0.05) is 32.7 Å². The van der Waals surface area contributed by atoms with E-state index in [1.165, 1.54) is 0 Å². The van der Waals surface area contributed by atoms with Crippen molar-refractivity contribution >= 4 is 22.0 Å².